The van der Waals surface area contributed by atoms with Crippen molar-refractivity contribution in [2.45, 2.75) is 24.6 Å². The molecule has 2 aromatic carbocycles. The van der Waals surface area contributed by atoms with Gasteiger partial charge in [0.05, 0.1) is 12.0 Å². The number of carbonyl (C=O) groups excluding carboxylic acids is 1. The van der Waals surface area contributed by atoms with Crippen LogP contribution in [0.4, 0.5) is 18.9 Å². The van der Waals surface area contributed by atoms with Crippen molar-refractivity contribution in [3.8, 4) is 0 Å². The van der Waals surface area contributed by atoms with E-state index in [9.17, 15) is 18.0 Å². The van der Waals surface area contributed by atoms with E-state index in [0.717, 1.165) is 28.9 Å². The maximum absolute atomic E-state index is 12.7. The molecule has 28 heavy (non-hydrogen) atoms. The second-order valence-corrected chi connectivity index (χ2v) is 7.30. The number of rotatable bonds is 5. The number of carbonyl (C=O) groups is 1. The third kappa shape index (κ3) is 4.84. The Morgan fingerprint density at radius 1 is 1.07 bits per heavy atom. The van der Waals surface area contributed by atoms with E-state index < -0.39 is 11.7 Å². The number of halogens is 3. The fourth-order valence-corrected chi connectivity index (χ4v) is 3.46. The molecule has 1 aliphatic rings. The summed E-state index contributed by atoms with van der Waals surface area (Å²) in [7, 11) is 3.91. The Kier molecular flexibility index (Phi) is 5.93. The van der Waals surface area contributed by atoms with Crippen molar-refractivity contribution in [2.24, 2.45) is 0 Å². The molecule has 1 fully saturated rings. The zero-order chi connectivity index (χ0) is 20.3. The van der Waals surface area contributed by atoms with Crippen LogP contribution in [-0.2, 0) is 17.4 Å². The van der Waals surface area contributed by atoms with E-state index in [4.69, 9.17) is 0 Å². The van der Waals surface area contributed by atoms with Gasteiger partial charge in [-0.1, -0.05) is 24.3 Å². The molecule has 3 rings (SSSR count). The molecule has 1 aliphatic heterocycles. The Hall–Kier alpha value is -2.54. The number of nitrogens with one attached hydrogen (secondary N) is 2. The molecule has 0 radical (unpaired) electrons. The number of amides is 1. The highest BCUT2D eigenvalue weighted by Crippen LogP contribution is 2.31. The van der Waals surface area contributed by atoms with E-state index in [1.807, 2.05) is 43.3 Å². The van der Waals surface area contributed by atoms with Crippen LogP contribution in [0.5, 0.6) is 0 Å². The molecular weight excluding hydrogens is 367 g/mol. The monoisotopic (exact) mass is 391 g/mol. The average Bonchev–Trinajstić information content (AvgIpc) is 3.09. The summed E-state index contributed by atoms with van der Waals surface area (Å²) in [6.45, 7) is 1.21. The molecule has 1 amide bonds. The second-order valence-electron chi connectivity index (χ2n) is 7.30. The van der Waals surface area contributed by atoms with Gasteiger partial charge in [0.15, 0.2) is 0 Å². The van der Waals surface area contributed by atoms with E-state index in [1.165, 1.54) is 12.1 Å². The highest BCUT2D eigenvalue weighted by Gasteiger charge is 2.32. The van der Waals surface area contributed by atoms with E-state index >= 15 is 0 Å². The normalized spacial score (nSPS) is 19.5. The summed E-state index contributed by atoms with van der Waals surface area (Å²) < 4.78 is 38.2. The number of alkyl halides is 3. The quantitative estimate of drug-likeness (QED) is 0.823. The maximum Gasteiger partial charge on any atom is 0.416 e. The fourth-order valence-electron chi connectivity index (χ4n) is 3.46. The molecule has 0 bridgehead atoms. The van der Waals surface area contributed by atoms with Crippen molar-refractivity contribution in [2.75, 3.05) is 32.1 Å². The fraction of sp³-hybridized carbons (Fsp3) is 0.381. The molecule has 0 aliphatic carbocycles. The van der Waals surface area contributed by atoms with Gasteiger partial charge in [0, 0.05) is 44.8 Å². The smallest absolute Gasteiger partial charge is 0.378 e. The van der Waals surface area contributed by atoms with Gasteiger partial charge in [0.2, 0.25) is 5.91 Å². The minimum Gasteiger partial charge on any atom is -0.378 e. The van der Waals surface area contributed by atoms with Crippen LogP contribution in [0.25, 0.3) is 0 Å². The molecule has 1 heterocycles. The van der Waals surface area contributed by atoms with Crippen molar-refractivity contribution in [1.29, 1.82) is 0 Å². The van der Waals surface area contributed by atoms with E-state index in [0.29, 0.717) is 13.1 Å². The minimum atomic E-state index is -4.35. The summed E-state index contributed by atoms with van der Waals surface area (Å²) in [6, 6.07) is 12.8. The predicted octanol–water partition coefficient (Wildman–Crippen LogP) is 3.19. The Morgan fingerprint density at radius 3 is 2.29 bits per heavy atom. The van der Waals surface area contributed by atoms with Crippen LogP contribution in [-0.4, -0.2) is 39.1 Å². The first-order chi connectivity index (χ1) is 13.2. The van der Waals surface area contributed by atoms with Gasteiger partial charge in [-0.15, -0.1) is 0 Å². The largest absolute Gasteiger partial charge is 0.416 e. The molecule has 2 atom stereocenters. The molecule has 1 saturated heterocycles. The Labute approximate surface area is 162 Å². The molecule has 2 unspecified atom stereocenters. The highest BCUT2D eigenvalue weighted by atomic mass is 19.4. The number of nitrogens with zero attached hydrogens (tertiary/aromatic N) is 1. The highest BCUT2D eigenvalue weighted by molar-refractivity contribution is 5.79. The number of hydrogen-bond donors (Lipinski definition) is 2. The third-order valence-corrected chi connectivity index (χ3v) is 5.04. The minimum absolute atomic E-state index is 0.0534. The summed E-state index contributed by atoms with van der Waals surface area (Å²) in [6.07, 6.45) is -4.08. The van der Waals surface area contributed by atoms with Gasteiger partial charge in [0.1, 0.15) is 0 Å². The van der Waals surface area contributed by atoms with Crippen LogP contribution in [0.3, 0.4) is 0 Å². The molecule has 150 valence electrons. The lowest BCUT2D eigenvalue weighted by Gasteiger charge is -2.21. The van der Waals surface area contributed by atoms with Gasteiger partial charge in [-0.3, -0.25) is 4.79 Å². The number of hydrogen-bond acceptors (Lipinski definition) is 3. The molecular formula is C21H24F3N3O. The Morgan fingerprint density at radius 2 is 1.71 bits per heavy atom. The molecule has 4 nitrogen and oxygen atoms in total. The van der Waals surface area contributed by atoms with Crippen molar-refractivity contribution >= 4 is 11.6 Å². The van der Waals surface area contributed by atoms with Crippen LogP contribution < -0.4 is 15.5 Å². The topological polar surface area (TPSA) is 44.4 Å². The Balaban J connectivity index is 1.62. The van der Waals surface area contributed by atoms with Crippen molar-refractivity contribution in [3.63, 3.8) is 0 Å². The second kappa shape index (κ2) is 8.22. The maximum atomic E-state index is 12.7. The van der Waals surface area contributed by atoms with Crippen LogP contribution in [0, 0.1) is 0 Å². The van der Waals surface area contributed by atoms with Gasteiger partial charge < -0.3 is 15.5 Å². The molecule has 0 aromatic heterocycles. The summed E-state index contributed by atoms with van der Waals surface area (Å²) in [5.74, 6) is -0.148. The van der Waals surface area contributed by atoms with Crippen molar-refractivity contribution in [3.05, 3.63) is 65.2 Å². The van der Waals surface area contributed by atoms with Crippen LogP contribution >= 0.6 is 0 Å². The van der Waals surface area contributed by atoms with E-state index in [1.54, 1.807) is 0 Å². The van der Waals surface area contributed by atoms with Gasteiger partial charge in [-0.05, 0) is 35.4 Å². The van der Waals surface area contributed by atoms with Crippen LogP contribution in [0.1, 0.15) is 22.6 Å². The van der Waals surface area contributed by atoms with Gasteiger partial charge >= 0.3 is 6.18 Å². The molecule has 0 spiro atoms. The summed E-state index contributed by atoms with van der Waals surface area (Å²) in [5, 5.41) is 6.24. The third-order valence-electron chi connectivity index (χ3n) is 5.04. The van der Waals surface area contributed by atoms with Crippen LogP contribution in [0.15, 0.2) is 48.5 Å². The van der Waals surface area contributed by atoms with Crippen molar-refractivity contribution < 1.29 is 18.0 Å². The van der Waals surface area contributed by atoms with Gasteiger partial charge in [-0.25, -0.2) is 0 Å². The summed E-state index contributed by atoms with van der Waals surface area (Å²) in [4.78, 5) is 14.4. The Bertz CT molecular complexity index is 801. The lowest BCUT2D eigenvalue weighted by Crippen LogP contribution is -2.40. The van der Waals surface area contributed by atoms with E-state index in [-0.39, 0.29) is 24.3 Å². The van der Waals surface area contributed by atoms with Crippen molar-refractivity contribution in [1.82, 2.24) is 10.6 Å². The predicted molar refractivity (Wildman–Crippen MR) is 103 cm³/mol. The first-order valence-electron chi connectivity index (χ1n) is 9.17. The zero-order valence-electron chi connectivity index (χ0n) is 15.9. The zero-order valence-corrected chi connectivity index (χ0v) is 15.9. The first-order valence-corrected chi connectivity index (χ1v) is 9.17. The standard InChI is InChI=1S/C21H24F3N3O/c1-27(2)17-9-3-14(4-10-17)11-20(28)26-19-13-25-12-18(19)15-5-7-16(8-6-15)21(22,23)24/h3-10,18-19,25H,11-13H2,1-2H3,(H,26,28). The SMILES string of the molecule is CN(C)c1ccc(CC(=O)NC2CNCC2c2ccc(C(F)(F)F)cc2)cc1. The lowest BCUT2D eigenvalue weighted by molar-refractivity contribution is -0.137. The average molecular weight is 391 g/mol. The van der Waals surface area contributed by atoms with E-state index in [2.05, 4.69) is 10.6 Å². The van der Waals surface area contributed by atoms with Gasteiger partial charge in [0.25, 0.3) is 0 Å². The number of anilines is 1. The first kappa shape index (κ1) is 20.2. The molecule has 2 aromatic rings. The molecule has 0 saturated carbocycles. The summed E-state index contributed by atoms with van der Waals surface area (Å²) in [5.41, 5.74) is 2.11. The molecule has 2 N–H and O–H groups in total. The van der Waals surface area contributed by atoms with Crippen LogP contribution in [0.2, 0.25) is 0 Å². The molecule has 7 heteroatoms. The van der Waals surface area contributed by atoms with Gasteiger partial charge in [-0.2, -0.15) is 13.2 Å². The lowest BCUT2D eigenvalue weighted by atomic mass is 9.93. The number of benzene rings is 2. The summed E-state index contributed by atoms with van der Waals surface area (Å²) >= 11 is 0.